The van der Waals surface area contributed by atoms with E-state index < -0.39 is 28.6 Å². The second-order valence-electron chi connectivity index (χ2n) is 10.3. The van der Waals surface area contributed by atoms with Crippen LogP contribution in [0, 0.1) is 31.1 Å². The minimum Gasteiger partial charge on any atom is -0.328 e. The molecule has 8 nitrogen and oxygen atoms in total. The van der Waals surface area contributed by atoms with E-state index >= 15 is 0 Å². The Morgan fingerprint density at radius 3 is 1.40 bits per heavy atom. The minimum absolute atomic E-state index is 0.238. The molecule has 0 fully saturated rings. The predicted octanol–water partition coefficient (Wildman–Crippen LogP) is 6.78. The maximum Gasteiger partial charge on any atom is 0.331 e. The topological polar surface area (TPSA) is 118 Å². The van der Waals surface area contributed by atoms with E-state index in [1.54, 1.807) is 0 Å². The molecule has 0 aromatic rings. The van der Waals surface area contributed by atoms with Crippen molar-refractivity contribution in [2.45, 2.75) is 111 Å². The highest BCUT2D eigenvalue weighted by molar-refractivity contribution is 7.39. The molecule has 0 amide bonds. The molecule has 0 aromatic carbocycles. The zero-order chi connectivity index (χ0) is 26.7. The van der Waals surface area contributed by atoms with Crippen molar-refractivity contribution in [3.8, 4) is 0 Å². The lowest BCUT2D eigenvalue weighted by atomic mass is 9.91. The van der Waals surface area contributed by atoms with Crippen LogP contribution in [-0.2, 0) is 18.5 Å². The first-order valence-corrected chi connectivity index (χ1v) is 15.4. The molecule has 2 radical (unpaired) electrons. The molecule has 0 saturated carbocycles. The van der Waals surface area contributed by atoms with Crippen molar-refractivity contribution >= 4 is 17.2 Å². The van der Waals surface area contributed by atoms with Gasteiger partial charge in [0.15, 0.2) is 0 Å². The molecule has 0 bridgehead atoms. The molecule has 0 aliphatic carbocycles. The third-order valence-corrected chi connectivity index (χ3v) is 6.51. The Labute approximate surface area is 217 Å². The fourth-order valence-electron chi connectivity index (χ4n) is 3.66. The van der Waals surface area contributed by atoms with Gasteiger partial charge in [0.1, 0.15) is 0 Å². The second kappa shape index (κ2) is 20.5. The van der Waals surface area contributed by atoms with Crippen molar-refractivity contribution in [1.82, 2.24) is 0 Å². The summed E-state index contributed by atoms with van der Waals surface area (Å²) in [5.74, 6) is -0.574. The molecule has 35 heavy (non-hydrogen) atoms. The van der Waals surface area contributed by atoms with Crippen molar-refractivity contribution in [1.29, 1.82) is 0 Å². The fourth-order valence-corrected chi connectivity index (χ4v) is 4.53. The number of hydrogen-bond acceptors (Lipinski definition) is 8. The van der Waals surface area contributed by atoms with Crippen molar-refractivity contribution < 1.29 is 38.1 Å². The zero-order valence-corrected chi connectivity index (χ0v) is 24.3. The van der Waals surface area contributed by atoms with E-state index in [2.05, 4.69) is 41.5 Å². The van der Waals surface area contributed by atoms with Crippen LogP contribution in [0.2, 0.25) is 0 Å². The van der Waals surface area contributed by atoms with E-state index in [9.17, 15) is 19.6 Å². The van der Waals surface area contributed by atoms with Crippen LogP contribution in [0.4, 0.5) is 0 Å². The number of ether oxygens (including phenoxy) is 2. The first kappa shape index (κ1) is 35.5. The van der Waals surface area contributed by atoms with Crippen molar-refractivity contribution in [2.75, 3.05) is 19.8 Å². The fraction of sp³-hybridized carbons (Fsp3) is 0.920. The van der Waals surface area contributed by atoms with Gasteiger partial charge in [-0.1, -0.05) is 91.9 Å². The average Bonchev–Trinajstić information content (AvgIpc) is 2.74. The monoisotopic (exact) mass is 542 g/mol. The van der Waals surface area contributed by atoms with Gasteiger partial charge in [-0.2, -0.15) is 0 Å². The number of hydrogen-bond donors (Lipinski definition) is 4. The molecule has 0 aliphatic heterocycles. The van der Waals surface area contributed by atoms with Crippen molar-refractivity contribution in [3.63, 3.8) is 0 Å². The van der Waals surface area contributed by atoms with Crippen LogP contribution in [0.15, 0.2) is 0 Å². The number of rotatable bonds is 24. The summed E-state index contributed by atoms with van der Waals surface area (Å²) in [6, 6.07) is 0. The summed E-state index contributed by atoms with van der Waals surface area (Å²) in [6.45, 7) is 16.9. The summed E-state index contributed by atoms with van der Waals surface area (Å²) in [5, 5.41) is 0. The van der Waals surface area contributed by atoms with Gasteiger partial charge < -0.3 is 33.6 Å². The van der Waals surface area contributed by atoms with E-state index in [1.807, 2.05) is 0 Å². The maximum absolute atomic E-state index is 9.66. The van der Waals surface area contributed by atoms with Gasteiger partial charge in [-0.15, -0.1) is 0 Å². The average molecular weight is 543 g/mol. The lowest BCUT2D eigenvalue weighted by Gasteiger charge is -2.44. The summed E-state index contributed by atoms with van der Waals surface area (Å²) >= 11 is 0. The first-order valence-electron chi connectivity index (χ1n) is 13.1. The SMILES string of the molecule is [CH2]C([CH2])(COP(O)O)C(OCCCCCCCC(C)C)(OCCCCCCCC(C)C)OP(O)O. The lowest BCUT2D eigenvalue weighted by Crippen LogP contribution is -2.53. The van der Waals surface area contributed by atoms with E-state index in [0.717, 1.165) is 51.4 Å². The van der Waals surface area contributed by atoms with E-state index in [4.69, 9.17) is 18.5 Å². The maximum atomic E-state index is 9.66. The molecule has 0 aliphatic rings. The number of unbranched alkanes of at least 4 members (excludes halogenated alkanes) is 8. The normalized spacial score (nSPS) is 13.2. The molecule has 0 heterocycles. The Kier molecular flexibility index (Phi) is 20.8. The van der Waals surface area contributed by atoms with E-state index in [0.29, 0.717) is 11.8 Å². The van der Waals surface area contributed by atoms with Gasteiger partial charge in [0, 0.05) is 0 Å². The van der Waals surface area contributed by atoms with Crippen molar-refractivity contribution in [3.05, 3.63) is 13.8 Å². The molecule has 210 valence electrons. The smallest absolute Gasteiger partial charge is 0.328 e. The Balaban J connectivity index is 4.91. The van der Waals surface area contributed by atoms with Gasteiger partial charge in [0.05, 0.1) is 25.2 Å². The summed E-state index contributed by atoms with van der Waals surface area (Å²) < 4.78 is 22.2. The Hall–Kier alpha value is 0.540. The van der Waals surface area contributed by atoms with Gasteiger partial charge in [0.2, 0.25) is 0 Å². The molecule has 10 heteroatoms. The van der Waals surface area contributed by atoms with Crippen molar-refractivity contribution in [2.24, 2.45) is 17.3 Å². The standard InChI is InChI=1S/C25H52O8P2/c1-22(2)17-13-9-7-11-15-19-30-25(33-35(28)29,24(5,6)21-32-34(26)27)31-20-16-12-8-10-14-18-23(3)4/h22-23,26-29H,5-21H2,1-4H3. The summed E-state index contributed by atoms with van der Waals surface area (Å²) in [6.07, 6.45) is 12.7. The van der Waals surface area contributed by atoms with Crippen LogP contribution >= 0.6 is 17.2 Å². The Morgan fingerprint density at radius 1 is 0.629 bits per heavy atom. The molecular formula is C25H52O8P2. The van der Waals surface area contributed by atoms with Gasteiger partial charge in [-0.3, -0.25) is 4.52 Å². The van der Waals surface area contributed by atoms with Crippen LogP contribution in [0.3, 0.4) is 0 Å². The zero-order valence-electron chi connectivity index (χ0n) is 22.5. The predicted molar refractivity (Wildman–Crippen MR) is 143 cm³/mol. The van der Waals surface area contributed by atoms with Gasteiger partial charge in [0.25, 0.3) is 5.97 Å². The van der Waals surface area contributed by atoms with E-state index in [1.165, 1.54) is 25.7 Å². The molecule has 0 rings (SSSR count). The highest BCUT2D eigenvalue weighted by Gasteiger charge is 2.52. The largest absolute Gasteiger partial charge is 0.331 e. The van der Waals surface area contributed by atoms with Crippen LogP contribution in [0.5, 0.6) is 0 Å². The minimum atomic E-state index is -2.86. The summed E-state index contributed by atoms with van der Waals surface area (Å²) in [4.78, 5) is 37.7. The van der Waals surface area contributed by atoms with Crippen LogP contribution < -0.4 is 0 Å². The highest BCUT2D eigenvalue weighted by Crippen LogP contribution is 2.46. The Morgan fingerprint density at radius 2 is 1.03 bits per heavy atom. The Bertz CT molecular complexity index is 466. The van der Waals surface area contributed by atoms with E-state index in [-0.39, 0.29) is 19.8 Å². The molecule has 0 saturated heterocycles. The van der Waals surface area contributed by atoms with Gasteiger partial charge in [-0.25, -0.2) is 0 Å². The summed E-state index contributed by atoms with van der Waals surface area (Å²) in [7, 11) is -5.52. The van der Waals surface area contributed by atoms with Crippen LogP contribution in [0.1, 0.15) is 105 Å². The third kappa shape index (κ3) is 18.4. The second-order valence-corrected chi connectivity index (χ2v) is 11.8. The quantitative estimate of drug-likeness (QED) is 0.0599. The molecule has 4 N–H and O–H groups in total. The van der Waals surface area contributed by atoms with Gasteiger partial charge >= 0.3 is 17.2 Å². The first-order chi connectivity index (χ1) is 16.4. The summed E-state index contributed by atoms with van der Waals surface area (Å²) in [5.41, 5.74) is -1.54. The molecule has 0 atom stereocenters. The molecule has 0 aromatic heterocycles. The van der Waals surface area contributed by atoms with Crippen LogP contribution in [0.25, 0.3) is 0 Å². The van der Waals surface area contributed by atoms with Crippen LogP contribution in [-0.4, -0.2) is 45.4 Å². The lowest BCUT2D eigenvalue weighted by molar-refractivity contribution is -0.386. The molecular weight excluding hydrogens is 490 g/mol. The molecule has 0 unspecified atom stereocenters. The van der Waals surface area contributed by atoms with Gasteiger partial charge in [-0.05, 0) is 38.5 Å². The third-order valence-electron chi connectivity index (χ3n) is 5.74. The highest BCUT2D eigenvalue weighted by atomic mass is 31.2. The molecule has 0 spiro atoms.